The summed E-state index contributed by atoms with van der Waals surface area (Å²) in [6, 6.07) is 8.79. The molecule has 1 heterocycles. The molecule has 0 saturated carbocycles. The van der Waals surface area contributed by atoms with E-state index in [-0.39, 0.29) is 25.2 Å². The van der Waals surface area contributed by atoms with E-state index in [0.717, 1.165) is 5.56 Å². The molecule has 2 rings (SSSR count). The maximum absolute atomic E-state index is 12.5. The highest BCUT2D eigenvalue weighted by Crippen LogP contribution is 2.22. The lowest BCUT2D eigenvalue weighted by Crippen LogP contribution is -2.47. The number of carbonyl (C=O) groups excluding carboxylic acids is 1. The Hall–Kier alpha value is -1.60. The summed E-state index contributed by atoms with van der Waals surface area (Å²) < 4.78 is 11.4. The van der Waals surface area contributed by atoms with E-state index < -0.39 is 5.60 Å². The summed E-state index contributed by atoms with van der Waals surface area (Å²) in [6.45, 7) is 3.83. The lowest BCUT2D eigenvalue weighted by atomic mass is 10.1. The van der Waals surface area contributed by atoms with E-state index >= 15 is 0 Å². The zero-order chi connectivity index (χ0) is 18.3. The summed E-state index contributed by atoms with van der Waals surface area (Å²) in [5, 5.41) is 16.3. The van der Waals surface area contributed by atoms with Gasteiger partial charge in [0, 0.05) is 11.6 Å². The van der Waals surface area contributed by atoms with Gasteiger partial charge in [-0.3, -0.25) is 4.79 Å². The van der Waals surface area contributed by atoms with Gasteiger partial charge in [-0.2, -0.15) is 11.3 Å². The molecule has 0 spiro atoms. The minimum Gasteiger partial charge on any atom is -0.478 e. The zero-order valence-corrected chi connectivity index (χ0v) is 15.8. The first-order chi connectivity index (χ1) is 11.9. The third-order valence-corrected chi connectivity index (χ3v) is 4.46. The number of thiophene rings is 1. The lowest BCUT2D eigenvalue weighted by Gasteiger charge is -2.26. The molecule has 25 heavy (non-hydrogen) atoms. The van der Waals surface area contributed by atoms with Gasteiger partial charge in [0.05, 0.1) is 13.2 Å². The molecule has 1 amide bonds. The quantitative estimate of drug-likeness (QED) is 0.696. The van der Waals surface area contributed by atoms with Gasteiger partial charge in [0.1, 0.15) is 11.9 Å². The lowest BCUT2D eigenvalue weighted by molar-refractivity contribution is -0.135. The average molecular weight is 384 g/mol. The second kappa shape index (κ2) is 9.20. The van der Waals surface area contributed by atoms with Gasteiger partial charge in [-0.15, -0.1) is 0 Å². The molecule has 0 unspecified atom stereocenters. The number of rotatable bonds is 9. The summed E-state index contributed by atoms with van der Waals surface area (Å²) in [4.78, 5) is 12.5. The van der Waals surface area contributed by atoms with Gasteiger partial charge in [-0.05, 0) is 60.5 Å². The van der Waals surface area contributed by atoms with E-state index in [1.165, 1.54) is 0 Å². The number of benzene rings is 1. The fraction of sp³-hybridized carbons (Fsp3) is 0.389. The fourth-order valence-electron chi connectivity index (χ4n) is 2.17. The van der Waals surface area contributed by atoms with Gasteiger partial charge in [0.2, 0.25) is 0 Å². The Bertz CT molecular complexity index is 658. The third kappa shape index (κ3) is 6.01. The topological polar surface area (TPSA) is 67.8 Å². The normalized spacial score (nSPS) is 12.6. The molecule has 2 N–H and O–H groups in total. The molecule has 0 bridgehead atoms. The molecule has 0 saturated heterocycles. The Morgan fingerprint density at radius 3 is 2.64 bits per heavy atom. The van der Waals surface area contributed by atoms with Crippen LogP contribution in [0.4, 0.5) is 0 Å². The molecule has 0 aliphatic carbocycles. The predicted octanol–water partition coefficient (Wildman–Crippen LogP) is 3.43. The minimum atomic E-state index is -1.05. The van der Waals surface area contributed by atoms with E-state index in [1.807, 2.05) is 16.8 Å². The van der Waals surface area contributed by atoms with Crippen molar-refractivity contribution in [1.82, 2.24) is 5.32 Å². The number of halogens is 1. The number of carbonyl (C=O) groups is 1. The Labute approximate surface area is 156 Å². The average Bonchev–Trinajstić information content (AvgIpc) is 3.11. The molecule has 1 aromatic carbocycles. The van der Waals surface area contributed by atoms with Gasteiger partial charge in [-0.1, -0.05) is 11.6 Å². The summed E-state index contributed by atoms with van der Waals surface area (Å²) in [5.74, 6) is 0.311. The van der Waals surface area contributed by atoms with Crippen molar-refractivity contribution in [3.8, 4) is 5.75 Å². The summed E-state index contributed by atoms with van der Waals surface area (Å²) >= 11 is 7.41. The first kappa shape index (κ1) is 19.7. The van der Waals surface area contributed by atoms with Gasteiger partial charge < -0.3 is 19.9 Å². The molecule has 0 fully saturated rings. The highest BCUT2D eigenvalue weighted by atomic mass is 35.5. The number of nitrogens with one attached hydrogen (secondary N) is 1. The molecule has 0 aliphatic rings. The summed E-state index contributed by atoms with van der Waals surface area (Å²) in [7, 11) is 0. The largest absolute Gasteiger partial charge is 0.478 e. The fourth-order valence-corrected chi connectivity index (χ4v) is 3.00. The Kier molecular flexibility index (Phi) is 7.25. The third-order valence-electron chi connectivity index (χ3n) is 3.51. The molecular weight excluding hydrogens is 362 g/mol. The first-order valence-corrected chi connectivity index (χ1v) is 9.22. The van der Waals surface area contributed by atoms with E-state index in [9.17, 15) is 4.79 Å². The maximum atomic E-state index is 12.5. The van der Waals surface area contributed by atoms with Gasteiger partial charge in [0.15, 0.2) is 5.60 Å². The van der Waals surface area contributed by atoms with Crippen LogP contribution < -0.4 is 10.1 Å². The van der Waals surface area contributed by atoms with Crippen LogP contribution in [0.25, 0.3) is 0 Å². The van der Waals surface area contributed by atoms with E-state index in [2.05, 4.69) is 5.32 Å². The number of amides is 1. The van der Waals surface area contributed by atoms with Crippen LogP contribution in [0.5, 0.6) is 5.75 Å². The van der Waals surface area contributed by atoms with Crippen LogP contribution in [0.3, 0.4) is 0 Å². The van der Waals surface area contributed by atoms with Crippen LogP contribution in [-0.4, -0.2) is 36.4 Å². The van der Waals surface area contributed by atoms with Crippen molar-refractivity contribution in [3.63, 3.8) is 0 Å². The van der Waals surface area contributed by atoms with Crippen molar-refractivity contribution in [3.05, 3.63) is 51.7 Å². The summed E-state index contributed by atoms with van der Waals surface area (Å²) in [5.41, 5.74) is -0.0838. The number of aliphatic hydroxyl groups excluding tert-OH is 1. The number of hydrogen-bond acceptors (Lipinski definition) is 5. The van der Waals surface area contributed by atoms with Crippen molar-refractivity contribution in [2.45, 2.75) is 25.6 Å². The van der Waals surface area contributed by atoms with Crippen LogP contribution in [0.15, 0.2) is 41.1 Å². The van der Waals surface area contributed by atoms with E-state index in [4.69, 9.17) is 26.2 Å². The van der Waals surface area contributed by atoms with Crippen molar-refractivity contribution >= 4 is 28.8 Å². The second-order valence-corrected chi connectivity index (χ2v) is 7.13. The van der Waals surface area contributed by atoms with Crippen LogP contribution in [-0.2, 0) is 9.53 Å². The van der Waals surface area contributed by atoms with Crippen LogP contribution in [0.1, 0.15) is 25.5 Å². The second-order valence-electron chi connectivity index (χ2n) is 5.92. The Balaban J connectivity index is 1.95. The highest BCUT2D eigenvalue weighted by molar-refractivity contribution is 7.07. The highest BCUT2D eigenvalue weighted by Gasteiger charge is 2.30. The van der Waals surface area contributed by atoms with Gasteiger partial charge in [0.25, 0.3) is 5.91 Å². The van der Waals surface area contributed by atoms with E-state index in [0.29, 0.717) is 17.3 Å². The molecule has 1 aromatic heterocycles. The van der Waals surface area contributed by atoms with Crippen molar-refractivity contribution < 1.29 is 19.4 Å². The summed E-state index contributed by atoms with van der Waals surface area (Å²) in [6.07, 6.45) is -0.311. The molecule has 136 valence electrons. The van der Waals surface area contributed by atoms with Crippen molar-refractivity contribution in [1.29, 1.82) is 0 Å². The standard InChI is InChI=1S/C18H22ClNO4S/c1-18(2,24-15-5-3-14(19)4-6-15)17(22)20-11-16(23-9-8-21)13-7-10-25-12-13/h3-7,10,12,16,21H,8-9,11H2,1-2H3,(H,20,22)/t16-/m1/s1. The van der Waals surface area contributed by atoms with Crippen LogP contribution in [0.2, 0.25) is 5.02 Å². The molecule has 2 aromatic rings. The SMILES string of the molecule is CC(C)(Oc1ccc(Cl)cc1)C(=O)NC[C@@H](OCCO)c1ccsc1. The smallest absolute Gasteiger partial charge is 0.263 e. The monoisotopic (exact) mass is 383 g/mol. The Morgan fingerprint density at radius 1 is 1.32 bits per heavy atom. The minimum absolute atomic E-state index is 0.0697. The van der Waals surface area contributed by atoms with Gasteiger partial charge >= 0.3 is 0 Å². The molecular formula is C18H22ClNO4S. The molecule has 5 nitrogen and oxygen atoms in total. The van der Waals surface area contributed by atoms with Crippen LogP contribution >= 0.6 is 22.9 Å². The number of aliphatic hydroxyl groups is 1. The molecule has 1 atom stereocenters. The number of ether oxygens (including phenoxy) is 2. The van der Waals surface area contributed by atoms with Crippen LogP contribution in [0, 0.1) is 0 Å². The molecule has 7 heteroatoms. The number of hydrogen-bond donors (Lipinski definition) is 2. The predicted molar refractivity (Wildman–Crippen MR) is 99.3 cm³/mol. The Morgan fingerprint density at radius 2 is 2.04 bits per heavy atom. The molecule has 0 aliphatic heterocycles. The molecule has 0 radical (unpaired) electrons. The first-order valence-electron chi connectivity index (χ1n) is 7.90. The van der Waals surface area contributed by atoms with E-state index in [1.54, 1.807) is 49.4 Å². The van der Waals surface area contributed by atoms with Crippen molar-refractivity contribution in [2.75, 3.05) is 19.8 Å². The maximum Gasteiger partial charge on any atom is 0.263 e. The zero-order valence-electron chi connectivity index (χ0n) is 14.2. The van der Waals surface area contributed by atoms with Crippen molar-refractivity contribution in [2.24, 2.45) is 0 Å². The van der Waals surface area contributed by atoms with Gasteiger partial charge in [-0.25, -0.2) is 0 Å².